The van der Waals surface area contributed by atoms with Crippen LogP contribution in [0, 0.1) is 65.5 Å². The third kappa shape index (κ3) is 87.2. The fraction of sp³-hybridized carbons (Fsp3) is 0.792. The molecule has 2 atom stereocenters. The standard InChI is InChI=1S/C11H22N2O.C10H16N2O.C9H18ClNO.2C9H17NO.C8H16ClNO.C8H15NO.C7H14O.C6H12O/c1-11(2,3)9-12-10(14)7-6-8-13(4)5;1-9(2,3)7-12-8(13)10(6-11)4-5-10;1-9(2,3)5-6-11(4)8(12)7-10;1-5-8(11)10-7-6-9(2,3)4;1-5-6-8(11)10-7-9(2,3)4;1-8(2,3)4-5-10-7(11)6-9;1-5-7(10)9-6-8(2,3)4;1-7(2,3)4-6-5-8-6;1-6(2,3)5-4-7-5/h6-7H,8-9H2,1-5H3,(H,12,14);4-5,7H2,1-3H3,(H,12,13);5-7H2,1-4H3;5H,1,6-7H2,2-4H3,(H,10,11);5-6H,7H2,1-4H3,(H,10,11);4-6H2,1-3H3,(H,10,11);5H,1,6H2,2-4H3,(H,9,10);6H,4-5H2,1-3H3;5H,4H2,1-3H3/b7-6+;;;;6-5+;;;;. The molecule has 7 amide bonds. The van der Waals surface area contributed by atoms with Gasteiger partial charge in [-0.05, 0) is 127 Å². The van der Waals surface area contributed by atoms with E-state index in [4.69, 9.17) is 37.9 Å². The Labute approximate surface area is 604 Å². The van der Waals surface area contributed by atoms with Gasteiger partial charge in [-0.15, -0.1) is 23.2 Å². The maximum Gasteiger partial charge on any atom is 0.243 e. The molecule has 0 aromatic carbocycles. The molecule has 2 aliphatic heterocycles. The normalized spacial score (nSPS) is 15.2. The predicted octanol–water partition coefficient (Wildman–Crippen LogP) is 14.7. The van der Waals surface area contributed by atoms with Crippen molar-refractivity contribution in [3.8, 4) is 6.07 Å². The predicted molar refractivity (Wildman–Crippen MR) is 410 cm³/mol. The number of hydrogen-bond donors (Lipinski definition) is 6. The van der Waals surface area contributed by atoms with Crippen molar-refractivity contribution in [3.63, 3.8) is 0 Å². The highest BCUT2D eigenvalue weighted by molar-refractivity contribution is 6.27. The molecule has 0 bridgehead atoms. The summed E-state index contributed by atoms with van der Waals surface area (Å²) < 4.78 is 10.2. The van der Waals surface area contributed by atoms with Crippen molar-refractivity contribution in [1.29, 1.82) is 5.26 Å². The summed E-state index contributed by atoms with van der Waals surface area (Å²) in [5, 5.41) is 25.4. The second-order valence-electron chi connectivity index (χ2n) is 35.9. The molecule has 18 nitrogen and oxygen atoms in total. The molecule has 2 heterocycles. The van der Waals surface area contributed by atoms with E-state index < -0.39 is 5.41 Å². The molecule has 0 aromatic heterocycles. The van der Waals surface area contributed by atoms with Gasteiger partial charge in [-0.25, -0.2) is 0 Å². The fourth-order valence-electron chi connectivity index (χ4n) is 6.20. The maximum absolute atomic E-state index is 11.5. The van der Waals surface area contributed by atoms with Crippen LogP contribution in [0.25, 0.3) is 0 Å². The number of amides is 7. The Hall–Kier alpha value is -4.80. The van der Waals surface area contributed by atoms with Crippen molar-refractivity contribution in [3.05, 3.63) is 49.6 Å². The Morgan fingerprint density at radius 2 is 0.887 bits per heavy atom. The van der Waals surface area contributed by atoms with Crippen molar-refractivity contribution in [1.82, 2.24) is 41.7 Å². The quantitative estimate of drug-likeness (QED) is 0.0380. The number of hydrogen-bond acceptors (Lipinski definition) is 11. The monoisotopic (exact) mass is 1410 g/mol. The van der Waals surface area contributed by atoms with Gasteiger partial charge in [0.2, 0.25) is 41.4 Å². The smallest absolute Gasteiger partial charge is 0.243 e. The number of nitrogens with one attached hydrogen (secondary N) is 6. The first-order valence-corrected chi connectivity index (χ1v) is 35.5. The molecule has 6 N–H and O–H groups in total. The number of ether oxygens (including phenoxy) is 2. The van der Waals surface area contributed by atoms with Gasteiger partial charge < -0.3 is 51.2 Å². The van der Waals surface area contributed by atoms with E-state index >= 15 is 0 Å². The van der Waals surface area contributed by atoms with Crippen molar-refractivity contribution < 1.29 is 43.0 Å². The molecule has 2 unspecified atom stereocenters. The number of carbonyl (C=O) groups is 7. The highest BCUT2D eigenvalue weighted by Crippen LogP contribution is 2.45. The Morgan fingerprint density at radius 3 is 1.15 bits per heavy atom. The zero-order valence-corrected chi connectivity index (χ0v) is 69.0. The molecule has 3 aliphatic rings. The zero-order chi connectivity index (χ0) is 77.7. The minimum absolute atomic E-state index is 0.000849. The molecule has 568 valence electrons. The first-order valence-electron chi connectivity index (χ1n) is 34.4. The Balaban J connectivity index is -0.000000241. The van der Waals surface area contributed by atoms with Crippen molar-refractivity contribution in [2.75, 3.05) is 98.5 Å². The van der Waals surface area contributed by atoms with Crippen LogP contribution in [0.3, 0.4) is 0 Å². The summed E-state index contributed by atoms with van der Waals surface area (Å²) in [7, 11) is 5.73. The minimum atomic E-state index is -0.675. The fourth-order valence-corrected chi connectivity index (χ4v) is 6.50. The van der Waals surface area contributed by atoms with Gasteiger partial charge in [-0.2, -0.15) is 5.26 Å². The lowest BCUT2D eigenvalue weighted by Gasteiger charge is -2.23. The van der Waals surface area contributed by atoms with Crippen molar-refractivity contribution in [2.24, 2.45) is 54.1 Å². The average molecular weight is 1410 g/mol. The third-order valence-corrected chi connectivity index (χ3v) is 13.2. The molecular weight excluding hydrogens is 1270 g/mol. The lowest BCUT2D eigenvalue weighted by atomic mass is 9.91. The number of likely N-dealkylation sites (N-methyl/N-ethyl adjacent to an activating group) is 1. The third-order valence-electron chi connectivity index (χ3n) is 12.8. The largest absolute Gasteiger partial charge is 0.373 e. The van der Waals surface area contributed by atoms with Gasteiger partial charge in [-0.3, -0.25) is 33.6 Å². The van der Waals surface area contributed by atoms with Gasteiger partial charge in [0.25, 0.3) is 0 Å². The van der Waals surface area contributed by atoms with Crippen LogP contribution in [0.15, 0.2) is 49.6 Å². The van der Waals surface area contributed by atoms with E-state index in [-0.39, 0.29) is 91.0 Å². The number of halogens is 2. The van der Waals surface area contributed by atoms with Gasteiger partial charge in [0.15, 0.2) is 0 Å². The van der Waals surface area contributed by atoms with Gasteiger partial charge in [0.05, 0.1) is 31.5 Å². The molecule has 3 fully saturated rings. The van der Waals surface area contributed by atoms with E-state index in [0.29, 0.717) is 42.7 Å². The highest BCUT2D eigenvalue weighted by atomic mass is 35.5. The Morgan fingerprint density at radius 1 is 0.515 bits per heavy atom. The lowest BCUT2D eigenvalue weighted by Crippen LogP contribution is -2.37. The van der Waals surface area contributed by atoms with Gasteiger partial charge in [-0.1, -0.05) is 212 Å². The van der Waals surface area contributed by atoms with Crippen LogP contribution in [0.4, 0.5) is 0 Å². The van der Waals surface area contributed by atoms with Gasteiger partial charge in [0, 0.05) is 65.5 Å². The van der Waals surface area contributed by atoms with Gasteiger partial charge >= 0.3 is 0 Å². The van der Waals surface area contributed by atoms with E-state index in [1.807, 2.05) is 32.0 Å². The van der Waals surface area contributed by atoms with Crippen LogP contribution in [-0.2, 0) is 43.0 Å². The first kappa shape index (κ1) is 103. The molecule has 1 saturated carbocycles. The van der Waals surface area contributed by atoms with E-state index in [1.165, 1.54) is 24.6 Å². The summed E-state index contributed by atoms with van der Waals surface area (Å²) in [5.74, 6) is -0.250. The molecule has 20 heteroatoms. The minimum Gasteiger partial charge on any atom is -0.373 e. The zero-order valence-electron chi connectivity index (χ0n) is 67.5. The van der Waals surface area contributed by atoms with Crippen LogP contribution in [-0.4, -0.2) is 162 Å². The van der Waals surface area contributed by atoms with Crippen molar-refractivity contribution in [2.45, 2.75) is 245 Å². The maximum atomic E-state index is 11.5. The number of rotatable bonds is 20. The molecule has 0 spiro atoms. The number of alkyl halides is 2. The van der Waals surface area contributed by atoms with Gasteiger partial charge in [0.1, 0.15) is 17.2 Å². The summed E-state index contributed by atoms with van der Waals surface area (Å²) in [6.45, 7) is 73.9. The molecule has 3 rings (SSSR count). The molecule has 0 radical (unpaired) electrons. The van der Waals surface area contributed by atoms with E-state index in [9.17, 15) is 33.6 Å². The lowest BCUT2D eigenvalue weighted by molar-refractivity contribution is -0.127. The molecule has 1 aliphatic carbocycles. The summed E-state index contributed by atoms with van der Waals surface area (Å²) in [5.41, 5.74) is 1.56. The van der Waals surface area contributed by atoms with E-state index in [2.05, 4.69) is 238 Å². The van der Waals surface area contributed by atoms with Crippen LogP contribution < -0.4 is 31.9 Å². The highest BCUT2D eigenvalue weighted by Gasteiger charge is 2.50. The number of nitrogens with zero attached hydrogens (tertiary/aromatic N) is 3. The van der Waals surface area contributed by atoms with Crippen LogP contribution in [0.5, 0.6) is 0 Å². The number of allylic oxidation sites excluding steroid dienone is 1. The molecule has 0 aromatic rings. The van der Waals surface area contributed by atoms with Crippen molar-refractivity contribution >= 4 is 64.6 Å². The van der Waals surface area contributed by atoms with Crippen LogP contribution in [0.2, 0.25) is 0 Å². The number of epoxide rings is 2. The Bertz CT molecular complexity index is 2330. The first-order chi connectivity index (χ1) is 43.6. The summed E-state index contributed by atoms with van der Waals surface area (Å²) in [6.07, 6.45) is 16.1. The van der Waals surface area contributed by atoms with E-state index in [0.717, 1.165) is 78.0 Å². The second-order valence-corrected chi connectivity index (χ2v) is 36.4. The topological polar surface area (TPSA) is 247 Å². The molecule has 2 saturated heterocycles. The van der Waals surface area contributed by atoms with E-state index in [1.54, 1.807) is 24.1 Å². The number of nitriles is 1. The summed E-state index contributed by atoms with van der Waals surface area (Å²) in [4.78, 5) is 80.3. The number of carbonyl (C=O) groups excluding carboxylic acids is 7. The summed E-state index contributed by atoms with van der Waals surface area (Å²) in [6, 6.07) is 2.08. The van der Waals surface area contributed by atoms with Crippen LogP contribution in [0.1, 0.15) is 232 Å². The second kappa shape index (κ2) is 50.5. The SMILES string of the molecule is C/C=C/C(=O)NCC(C)(C)C.C=CC(=O)NCC(C)(C)C.C=CC(=O)NCCC(C)(C)C.CC(C)(C)C1CO1.CC(C)(C)CC1CO1.CC(C)(C)CCNC(=O)CCl.CC(C)(C)CNC(=O)C1(C#N)CC1.CN(C)C/C=C/C(=O)NCC(C)(C)C.CN(CCC(C)(C)C)C(=O)CCl. The Kier molecular flexibility index (Phi) is 53.7. The average Bonchev–Trinajstić information content (AvgIpc) is 1.65. The van der Waals surface area contributed by atoms with Crippen LogP contribution >= 0.6 is 23.2 Å². The molecule has 97 heavy (non-hydrogen) atoms. The molecular formula is C77H147Cl2N9O9. The summed E-state index contributed by atoms with van der Waals surface area (Å²) >= 11 is 10.7.